The maximum atomic E-state index is 15.3. The summed E-state index contributed by atoms with van der Waals surface area (Å²) in [5, 5.41) is 13.0. The zero-order chi connectivity index (χ0) is 27.8. The minimum absolute atomic E-state index is 0.123. The molecule has 0 radical (unpaired) electrons. The first-order valence-electron chi connectivity index (χ1n) is 13.5. The molecule has 2 N–H and O–H groups in total. The number of halogens is 1. The third-order valence-electron chi connectivity index (χ3n) is 7.81. The van der Waals surface area contributed by atoms with E-state index in [1.54, 1.807) is 18.2 Å². The second-order valence-electron chi connectivity index (χ2n) is 10.4. The number of amides is 2. The molecule has 1 saturated heterocycles. The summed E-state index contributed by atoms with van der Waals surface area (Å²) in [5.74, 6) is -0.413. The largest absolute Gasteiger partial charge is 0.507 e. The van der Waals surface area contributed by atoms with E-state index in [2.05, 4.69) is 5.32 Å². The van der Waals surface area contributed by atoms with Crippen molar-refractivity contribution in [3.05, 3.63) is 107 Å². The van der Waals surface area contributed by atoms with Crippen molar-refractivity contribution in [1.29, 1.82) is 0 Å². The van der Waals surface area contributed by atoms with Gasteiger partial charge in [0.05, 0.1) is 17.7 Å². The maximum Gasteiger partial charge on any atom is 0.256 e. The first kappa shape index (κ1) is 25.6. The Bertz CT molecular complexity index is 1670. The van der Waals surface area contributed by atoms with Gasteiger partial charge in [-0.15, -0.1) is 0 Å². The van der Waals surface area contributed by atoms with Crippen LogP contribution in [0.15, 0.2) is 84.9 Å². The third kappa shape index (κ3) is 4.77. The summed E-state index contributed by atoms with van der Waals surface area (Å²) in [4.78, 5) is 27.7. The molecule has 4 aromatic rings. The number of rotatable bonds is 5. The molecular formula is C34H29FN2O3. The topological polar surface area (TPSA) is 69.6 Å². The molecule has 200 valence electrons. The molecule has 2 heterocycles. The molecule has 5 nitrogen and oxygen atoms in total. The number of hydrogen-bond donors (Lipinski definition) is 2. The number of hydrogen-bond acceptors (Lipinski definition) is 3. The highest BCUT2D eigenvalue weighted by atomic mass is 19.1. The van der Waals surface area contributed by atoms with E-state index in [1.807, 2.05) is 72.5 Å². The molecule has 1 fully saturated rings. The minimum atomic E-state index is -0.435. The lowest BCUT2D eigenvalue weighted by Gasteiger charge is -2.15. The average molecular weight is 533 g/mol. The number of phenolic OH excluding ortho intramolecular Hbond substituents is 1. The maximum absolute atomic E-state index is 15.3. The number of para-hydroxylation sites is 1. The van der Waals surface area contributed by atoms with Crippen molar-refractivity contribution < 1.29 is 19.1 Å². The van der Waals surface area contributed by atoms with Crippen molar-refractivity contribution in [3.8, 4) is 28.0 Å². The second kappa shape index (κ2) is 10.5. The van der Waals surface area contributed by atoms with Crippen LogP contribution >= 0.6 is 0 Å². The van der Waals surface area contributed by atoms with Crippen molar-refractivity contribution in [1.82, 2.24) is 4.90 Å². The highest BCUT2D eigenvalue weighted by Gasteiger charge is 2.29. The zero-order valence-electron chi connectivity index (χ0n) is 22.2. The van der Waals surface area contributed by atoms with E-state index in [0.717, 1.165) is 48.2 Å². The number of benzene rings is 4. The van der Waals surface area contributed by atoms with Crippen LogP contribution in [0.5, 0.6) is 5.75 Å². The van der Waals surface area contributed by atoms with E-state index in [0.29, 0.717) is 39.9 Å². The zero-order valence-corrected chi connectivity index (χ0v) is 22.2. The van der Waals surface area contributed by atoms with Gasteiger partial charge >= 0.3 is 0 Å². The van der Waals surface area contributed by atoms with E-state index >= 15 is 4.39 Å². The van der Waals surface area contributed by atoms with Gasteiger partial charge in [0.1, 0.15) is 11.6 Å². The summed E-state index contributed by atoms with van der Waals surface area (Å²) in [6, 6.07) is 25.2. The lowest BCUT2D eigenvalue weighted by Crippen LogP contribution is -2.29. The van der Waals surface area contributed by atoms with Crippen molar-refractivity contribution >= 4 is 28.6 Å². The molecule has 2 amide bonds. The van der Waals surface area contributed by atoms with Crippen molar-refractivity contribution in [3.63, 3.8) is 0 Å². The van der Waals surface area contributed by atoms with Crippen molar-refractivity contribution in [2.45, 2.75) is 26.2 Å². The number of carbonyl (C=O) groups excluding carboxylic acids is 2. The number of nitrogens with zero attached hydrogens (tertiary/aromatic N) is 1. The Kier molecular flexibility index (Phi) is 6.68. The fourth-order valence-electron chi connectivity index (χ4n) is 5.64. The molecule has 0 spiro atoms. The van der Waals surface area contributed by atoms with E-state index < -0.39 is 5.82 Å². The van der Waals surface area contributed by atoms with Gasteiger partial charge in [-0.3, -0.25) is 9.59 Å². The van der Waals surface area contributed by atoms with E-state index in [-0.39, 0.29) is 17.6 Å². The van der Waals surface area contributed by atoms with Crippen molar-refractivity contribution in [2.75, 3.05) is 18.4 Å². The molecule has 4 aromatic carbocycles. The van der Waals surface area contributed by atoms with E-state index in [4.69, 9.17) is 0 Å². The SMILES string of the molecule is C/C(=C1/C(=O)Nc2cc(F)c(-c3ccc(-c4ccccc4O)cc3)cc21)c1cccc(CC(=O)N2CCCC2)c1. The molecule has 0 aliphatic carbocycles. The lowest BCUT2D eigenvalue weighted by molar-refractivity contribution is -0.129. The Labute approximate surface area is 232 Å². The summed E-state index contributed by atoms with van der Waals surface area (Å²) in [5.41, 5.74) is 6.65. The molecule has 6 heteroatoms. The van der Waals surface area contributed by atoms with Crippen LogP contribution in [0.4, 0.5) is 10.1 Å². The van der Waals surface area contributed by atoms with Gasteiger partial charge in [-0.05, 0) is 65.8 Å². The number of anilines is 1. The number of nitrogens with one attached hydrogen (secondary N) is 1. The lowest BCUT2D eigenvalue weighted by atomic mass is 9.92. The number of likely N-dealkylation sites (tertiary alicyclic amines) is 1. The van der Waals surface area contributed by atoms with Crippen LogP contribution in [0.1, 0.15) is 36.5 Å². The van der Waals surface area contributed by atoms with Gasteiger partial charge in [0, 0.05) is 29.8 Å². The van der Waals surface area contributed by atoms with Gasteiger partial charge in [0.2, 0.25) is 5.91 Å². The summed E-state index contributed by atoms with van der Waals surface area (Å²) in [7, 11) is 0. The Hall–Kier alpha value is -4.71. The Morgan fingerprint density at radius 2 is 1.57 bits per heavy atom. The normalized spacial score (nSPS) is 15.7. The third-order valence-corrected chi connectivity index (χ3v) is 7.81. The molecule has 40 heavy (non-hydrogen) atoms. The number of fused-ring (bicyclic) bond motifs is 1. The standard InChI is InChI=1S/C34H29FN2O3/c1-21(25-8-6-7-22(17-25)18-32(39)37-15-4-5-16-37)33-28-19-27(29(35)20-30(28)36-34(33)40)24-13-11-23(12-14-24)26-9-2-3-10-31(26)38/h2-3,6-14,17,19-20,38H,4-5,15-16,18H2,1H3,(H,36,40)/b33-21-. The molecule has 0 aromatic heterocycles. The van der Waals surface area contributed by atoms with Crippen LogP contribution in [0, 0.1) is 5.82 Å². The average Bonchev–Trinajstić information content (AvgIpc) is 3.60. The molecular weight excluding hydrogens is 503 g/mol. The van der Waals surface area contributed by atoms with Gasteiger partial charge in [0.15, 0.2) is 0 Å². The molecule has 0 bridgehead atoms. The van der Waals surface area contributed by atoms with Gasteiger partial charge in [-0.2, -0.15) is 0 Å². The Balaban J connectivity index is 1.33. The highest BCUT2D eigenvalue weighted by Crippen LogP contribution is 2.41. The number of aromatic hydroxyl groups is 1. The van der Waals surface area contributed by atoms with E-state index in [9.17, 15) is 14.7 Å². The molecule has 0 atom stereocenters. The molecule has 0 saturated carbocycles. The smallest absolute Gasteiger partial charge is 0.256 e. The first-order valence-corrected chi connectivity index (χ1v) is 13.5. The van der Waals surface area contributed by atoms with Crippen LogP contribution in [-0.2, 0) is 16.0 Å². The number of allylic oxidation sites excluding steroid dienone is 1. The van der Waals surface area contributed by atoms with Crippen LogP contribution in [0.3, 0.4) is 0 Å². The van der Waals surface area contributed by atoms with Gasteiger partial charge in [-0.1, -0.05) is 66.7 Å². The van der Waals surface area contributed by atoms with Crippen LogP contribution in [0.2, 0.25) is 0 Å². The number of carbonyl (C=O) groups is 2. The summed E-state index contributed by atoms with van der Waals surface area (Å²) in [6.07, 6.45) is 2.43. The Morgan fingerprint density at radius 1 is 0.875 bits per heavy atom. The summed E-state index contributed by atoms with van der Waals surface area (Å²) in [6.45, 7) is 3.51. The summed E-state index contributed by atoms with van der Waals surface area (Å²) < 4.78 is 15.3. The predicted octanol–water partition coefficient (Wildman–Crippen LogP) is 6.91. The molecule has 6 rings (SSSR count). The second-order valence-corrected chi connectivity index (χ2v) is 10.4. The minimum Gasteiger partial charge on any atom is -0.507 e. The number of phenols is 1. The van der Waals surface area contributed by atoms with Gasteiger partial charge in [0.25, 0.3) is 5.91 Å². The summed E-state index contributed by atoms with van der Waals surface area (Å²) >= 11 is 0. The quantitative estimate of drug-likeness (QED) is 0.274. The van der Waals surface area contributed by atoms with Gasteiger partial charge in [-0.25, -0.2) is 4.39 Å². The molecule has 2 aliphatic heterocycles. The molecule has 2 aliphatic rings. The van der Waals surface area contributed by atoms with Crippen molar-refractivity contribution in [2.24, 2.45) is 0 Å². The van der Waals surface area contributed by atoms with Crippen LogP contribution < -0.4 is 5.32 Å². The first-order chi connectivity index (χ1) is 19.4. The monoisotopic (exact) mass is 532 g/mol. The van der Waals surface area contributed by atoms with Crippen LogP contribution in [0.25, 0.3) is 33.4 Å². The predicted molar refractivity (Wildman–Crippen MR) is 156 cm³/mol. The molecule has 0 unspecified atom stereocenters. The van der Waals surface area contributed by atoms with Gasteiger partial charge < -0.3 is 15.3 Å². The fraction of sp³-hybridized carbons (Fsp3) is 0.176. The van der Waals surface area contributed by atoms with E-state index in [1.165, 1.54) is 6.07 Å². The van der Waals surface area contributed by atoms with Crippen LogP contribution in [-0.4, -0.2) is 34.9 Å². The Morgan fingerprint density at radius 3 is 2.30 bits per heavy atom. The highest BCUT2D eigenvalue weighted by molar-refractivity contribution is 6.36. The fourth-order valence-corrected chi connectivity index (χ4v) is 5.64.